The highest BCUT2D eigenvalue weighted by Crippen LogP contribution is 2.29. The second-order valence-corrected chi connectivity index (χ2v) is 10.3. The summed E-state index contributed by atoms with van der Waals surface area (Å²) >= 11 is 0. The van der Waals surface area contributed by atoms with E-state index in [4.69, 9.17) is 4.74 Å². The zero-order chi connectivity index (χ0) is 22.9. The van der Waals surface area contributed by atoms with Gasteiger partial charge in [-0.3, -0.25) is 4.79 Å². The van der Waals surface area contributed by atoms with Crippen molar-refractivity contribution in [3.05, 3.63) is 46.4 Å². The summed E-state index contributed by atoms with van der Waals surface area (Å²) in [5, 5.41) is 4.13. The Kier molecular flexibility index (Phi) is 6.47. The molecular formula is C21H26F2N4O4S. The van der Waals surface area contributed by atoms with Gasteiger partial charge in [-0.2, -0.15) is 14.1 Å². The summed E-state index contributed by atoms with van der Waals surface area (Å²) in [7, 11) is -3.30. The summed E-state index contributed by atoms with van der Waals surface area (Å²) in [6.45, 7) is 1.66. The van der Waals surface area contributed by atoms with Crippen LogP contribution in [0.15, 0.2) is 29.2 Å². The Balaban J connectivity index is 1.67. The minimum atomic E-state index is -3.30. The molecule has 0 spiro atoms. The normalized spacial score (nSPS) is 18.3. The van der Waals surface area contributed by atoms with Crippen LogP contribution in [-0.4, -0.2) is 61.5 Å². The minimum absolute atomic E-state index is 0.0355. The van der Waals surface area contributed by atoms with Crippen molar-refractivity contribution in [1.29, 1.82) is 0 Å². The van der Waals surface area contributed by atoms with Crippen LogP contribution in [0.2, 0.25) is 0 Å². The standard InChI is InChI=1S/C21H26F2N4O4S/c1-32(29,30)26-8-6-25(7-9-26)19-13-24-27(18-11-16(22)10-17(23)12-18)21(28)20(19)31-14-15-4-2-3-5-15/h10-13,15H,2-9,14H2,1H3. The highest BCUT2D eigenvalue weighted by Gasteiger charge is 2.28. The molecule has 1 aliphatic carbocycles. The topological polar surface area (TPSA) is 84.7 Å². The van der Waals surface area contributed by atoms with Crippen LogP contribution in [0.4, 0.5) is 14.5 Å². The Hall–Kier alpha value is -2.53. The van der Waals surface area contributed by atoms with E-state index >= 15 is 0 Å². The molecule has 0 unspecified atom stereocenters. The van der Waals surface area contributed by atoms with Crippen LogP contribution in [-0.2, 0) is 10.0 Å². The van der Waals surface area contributed by atoms with Crippen molar-refractivity contribution in [3.8, 4) is 11.4 Å². The van der Waals surface area contributed by atoms with E-state index < -0.39 is 27.2 Å². The van der Waals surface area contributed by atoms with E-state index in [0.29, 0.717) is 31.3 Å². The molecule has 174 valence electrons. The third-order valence-electron chi connectivity index (χ3n) is 5.99. The first-order chi connectivity index (χ1) is 15.2. The van der Waals surface area contributed by atoms with Gasteiger partial charge in [-0.25, -0.2) is 17.2 Å². The van der Waals surface area contributed by atoms with Crippen molar-refractivity contribution >= 4 is 15.7 Å². The lowest BCUT2D eigenvalue weighted by Gasteiger charge is -2.35. The maximum atomic E-state index is 13.7. The number of hydrogen-bond acceptors (Lipinski definition) is 6. The molecule has 11 heteroatoms. The van der Waals surface area contributed by atoms with Crippen molar-refractivity contribution in [3.63, 3.8) is 0 Å². The number of sulfonamides is 1. The Labute approximate surface area is 185 Å². The minimum Gasteiger partial charge on any atom is -0.486 e. The molecule has 2 aliphatic rings. The lowest BCUT2D eigenvalue weighted by atomic mass is 10.1. The number of rotatable bonds is 6. The molecule has 8 nitrogen and oxygen atoms in total. The molecule has 0 amide bonds. The van der Waals surface area contributed by atoms with Crippen LogP contribution in [0.1, 0.15) is 25.7 Å². The van der Waals surface area contributed by atoms with E-state index in [1.807, 2.05) is 4.90 Å². The zero-order valence-electron chi connectivity index (χ0n) is 17.8. The van der Waals surface area contributed by atoms with Gasteiger partial charge in [0.1, 0.15) is 17.3 Å². The Bertz CT molecular complexity index is 1120. The molecule has 4 rings (SSSR count). The summed E-state index contributed by atoms with van der Waals surface area (Å²) in [5.41, 5.74) is -0.197. The lowest BCUT2D eigenvalue weighted by molar-refractivity contribution is 0.247. The van der Waals surface area contributed by atoms with Crippen LogP contribution >= 0.6 is 0 Å². The first kappa shape index (κ1) is 22.7. The number of anilines is 1. The Morgan fingerprint density at radius 2 is 1.69 bits per heavy atom. The maximum absolute atomic E-state index is 13.7. The number of aromatic nitrogens is 2. The molecule has 0 radical (unpaired) electrons. The average molecular weight is 469 g/mol. The number of piperazine rings is 1. The summed E-state index contributed by atoms with van der Waals surface area (Å²) in [6, 6.07) is 2.78. The van der Waals surface area contributed by atoms with Gasteiger partial charge in [-0.05, 0) is 30.9 Å². The molecule has 1 aliphatic heterocycles. The highest BCUT2D eigenvalue weighted by atomic mass is 32.2. The van der Waals surface area contributed by atoms with Gasteiger partial charge in [0.15, 0.2) is 0 Å². The SMILES string of the molecule is CS(=O)(=O)N1CCN(c2cnn(-c3cc(F)cc(F)c3)c(=O)c2OCC2CCCC2)CC1. The van der Waals surface area contributed by atoms with Gasteiger partial charge in [0.2, 0.25) is 15.8 Å². The maximum Gasteiger partial charge on any atom is 0.316 e. The van der Waals surface area contributed by atoms with Gasteiger partial charge in [0, 0.05) is 32.2 Å². The van der Waals surface area contributed by atoms with Gasteiger partial charge < -0.3 is 9.64 Å². The molecular weight excluding hydrogens is 442 g/mol. The summed E-state index contributed by atoms with van der Waals surface area (Å²) in [4.78, 5) is 15.1. The fourth-order valence-electron chi connectivity index (χ4n) is 4.27. The van der Waals surface area contributed by atoms with E-state index in [1.165, 1.54) is 16.8 Å². The fraction of sp³-hybridized carbons (Fsp3) is 0.524. The van der Waals surface area contributed by atoms with Crippen molar-refractivity contribution in [2.45, 2.75) is 25.7 Å². The molecule has 2 heterocycles. The third kappa shape index (κ3) is 4.93. The summed E-state index contributed by atoms with van der Waals surface area (Å²) < 4.78 is 59.4. The largest absolute Gasteiger partial charge is 0.486 e. The van der Waals surface area contributed by atoms with E-state index in [1.54, 1.807) is 0 Å². The van der Waals surface area contributed by atoms with E-state index in [-0.39, 0.29) is 24.5 Å². The third-order valence-corrected chi connectivity index (χ3v) is 7.30. The first-order valence-electron chi connectivity index (χ1n) is 10.6. The number of halogens is 2. The van der Waals surface area contributed by atoms with Crippen molar-refractivity contribution in [2.24, 2.45) is 5.92 Å². The summed E-state index contributed by atoms with van der Waals surface area (Å²) in [6.07, 6.45) is 6.90. The van der Waals surface area contributed by atoms with Crippen LogP contribution in [0.5, 0.6) is 5.75 Å². The number of nitrogens with zero attached hydrogens (tertiary/aromatic N) is 4. The lowest BCUT2D eigenvalue weighted by Crippen LogP contribution is -2.48. The predicted octanol–water partition coefficient (Wildman–Crippen LogP) is 2.16. The van der Waals surface area contributed by atoms with E-state index in [9.17, 15) is 22.0 Å². The Morgan fingerprint density at radius 3 is 2.28 bits per heavy atom. The van der Waals surface area contributed by atoms with Gasteiger partial charge >= 0.3 is 5.56 Å². The second-order valence-electron chi connectivity index (χ2n) is 8.31. The number of benzene rings is 1. The Morgan fingerprint density at radius 1 is 1.06 bits per heavy atom. The molecule has 0 atom stereocenters. The molecule has 1 aromatic heterocycles. The van der Waals surface area contributed by atoms with Gasteiger partial charge in [0.05, 0.1) is 24.7 Å². The molecule has 2 fully saturated rings. The van der Waals surface area contributed by atoms with Crippen molar-refractivity contribution < 1.29 is 21.9 Å². The number of hydrogen-bond donors (Lipinski definition) is 0. The van der Waals surface area contributed by atoms with Gasteiger partial charge in [0.25, 0.3) is 0 Å². The molecule has 1 saturated heterocycles. The predicted molar refractivity (Wildman–Crippen MR) is 116 cm³/mol. The van der Waals surface area contributed by atoms with Gasteiger partial charge in [-0.15, -0.1) is 0 Å². The summed E-state index contributed by atoms with van der Waals surface area (Å²) in [5.74, 6) is -1.23. The van der Waals surface area contributed by atoms with Crippen LogP contribution in [0, 0.1) is 17.6 Å². The molecule has 2 aromatic rings. The smallest absolute Gasteiger partial charge is 0.316 e. The average Bonchev–Trinajstić information content (AvgIpc) is 3.25. The van der Waals surface area contributed by atoms with Crippen molar-refractivity contribution in [1.82, 2.24) is 14.1 Å². The van der Waals surface area contributed by atoms with E-state index in [0.717, 1.165) is 48.6 Å². The van der Waals surface area contributed by atoms with Gasteiger partial charge in [-0.1, -0.05) is 12.8 Å². The quantitative estimate of drug-likeness (QED) is 0.646. The monoisotopic (exact) mass is 468 g/mol. The molecule has 1 saturated carbocycles. The second kappa shape index (κ2) is 9.14. The van der Waals surface area contributed by atoms with Crippen LogP contribution < -0.4 is 15.2 Å². The molecule has 32 heavy (non-hydrogen) atoms. The molecule has 0 N–H and O–H groups in total. The zero-order valence-corrected chi connectivity index (χ0v) is 18.7. The first-order valence-corrected chi connectivity index (χ1v) is 12.5. The molecule has 1 aromatic carbocycles. The van der Waals surface area contributed by atoms with Crippen LogP contribution in [0.25, 0.3) is 5.69 Å². The van der Waals surface area contributed by atoms with Crippen LogP contribution in [0.3, 0.4) is 0 Å². The fourth-order valence-corrected chi connectivity index (χ4v) is 5.10. The molecule has 0 bridgehead atoms. The highest BCUT2D eigenvalue weighted by molar-refractivity contribution is 7.88. The van der Waals surface area contributed by atoms with E-state index in [2.05, 4.69) is 5.10 Å². The van der Waals surface area contributed by atoms with Crippen molar-refractivity contribution in [2.75, 3.05) is 43.9 Å². The number of ether oxygens (including phenoxy) is 1.